The molecule has 3 rings (SSSR count). The van der Waals surface area contributed by atoms with Crippen molar-refractivity contribution >= 4 is 17.7 Å². The highest BCUT2D eigenvalue weighted by molar-refractivity contribution is 7.99. The van der Waals surface area contributed by atoms with Crippen LogP contribution in [0.3, 0.4) is 0 Å². The van der Waals surface area contributed by atoms with Gasteiger partial charge < -0.3 is 10.2 Å². The Balaban J connectivity index is 1.57. The summed E-state index contributed by atoms with van der Waals surface area (Å²) in [4.78, 5) is 12.0. The average molecular weight is 394 g/mol. The summed E-state index contributed by atoms with van der Waals surface area (Å²) >= 11 is 1.88. The Morgan fingerprint density at radius 2 is 2.19 bits per heavy atom. The zero-order valence-corrected chi connectivity index (χ0v) is 16.2. The van der Waals surface area contributed by atoms with E-state index in [1.807, 2.05) is 24.8 Å². The molecule has 1 fully saturated rings. The number of halogens is 2. The van der Waals surface area contributed by atoms with Crippen molar-refractivity contribution in [3.8, 4) is 0 Å². The van der Waals surface area contributed by atoms with E-state index in [-0.39, 0.29) is 12.4 Å². The molecule has 2 heterocycles. The molecule has 0 bridgehead atoms. The van der Waals surface area contributed by atoms with E-state index in [0.29, 0.717) is 5.92 Å². The van der Waals surface area contributed by atoms with Crippen molar-refractivity contribution in [2.24, 2.45) is 10.9 Å². The number of likely N-dealkylation sites (tertiary alicyclic amines) is 1. The highest BCUT2D eigenvalue weighted by Gasteiger charge is 2.25. The maximum absolute atomic E-state index is 13.0. The van der Waals surface area contributed by atoms with E-state index in [0.717, 1.165) is 42.3 Å². The van der Waals surface area contributed by atoms with E-state index in [4.69, 9.17) is 0 Å². The van der Waals surface area contributed by atoms with Crippen LogP contribution in [0.4, 0.5) is 8.78 Å². The first kappa shape index (κ1) is 19.7. The summed E-state index contributed by atoms with van der Waals surface area (Å²) in [5.41, 5.74) is 0. The second kappa shape index (κ2) is 9.73. The van der Waals surface area contributed by atoms with E-state index in [9.17, 15) is 8.78 Å². The summed E-state index contributed by atoms with van der Waals surface area (Å²) in [7, 11) is 0. The number of alkyl halides is 2. The summed E-state index contributed by atoms with van der Waals surface area (Å²) in [6.07, 6.45) is 3.78. The summed E-state index contributed by atoms with van der Waals surface area (Å²) < 4.78 is 26.8. The van der Waals surface area contributed by atoms with Gasteiger partial charge in [0.1, 0.15) is 12.4 Å². The van der Waals surface area contributed by atoms with Crippen molar-refractivity contribution in [2.45, 2.75) is 31.3 Å². The van der Waals surface area contributed by atoms with Crippen LogP contribution in [-0.2, 0) is 6.54 Å². The molecule has 1 atom stereocenters. The predicted octanol–water partition coefficient (Wildman–Crippen LogP) is 3.86. The SMILES string of the molecule is CCNC(=NCc1nccn1C(F)F)N1CCC(CSc2ccccc2)C1. The third kappa shape index (κ3) is 5.45. The van der Waals surface area contributed by atoms with Crippen molar-refractivity contribution in [3.63, 3.8) is 0 Å². The fraction of sp³-hybridized carbons (Fsp3) is 0.474. The van der Waals surface area contributed by atoms with Gasteiger partial charge in [-0.25, -0.2) is 9.98 Å². The first-order chi connectivity index (χ1) is 13.2. The van der Waals surface area contributed by atoms with Crippen LogP contribution in [0.5, 0.6) is 0 Å². The van der Waals surface area contributed by atoms with Crippen LogP contribution < -0.4 is 5.32 Å². The molecule has 1 aromatic carbocycles. The number of hydrogen-bond donors (Lipinski definition) is 1. The van der Waals surface area contributed by atoms with Crippen molar-refractivity contribution in [1.82, 2.24) is 19.8 Å². The van der Waals surface area contributed by atoms with Crippen LogP contribution >= 0.6 is 11.8 Å². The average Bonchev–Trinajstić information content (AvgIpc) is 3.34. The Morgan fingerprint density at radius 3 is 2.93 bits per heavy atom. The summed E-state index contributed by atoms with van der Waals surface area (Å²) in [6.45, 7) is 2.15. The minimum atomic E-state index is -2.59. The second-order valence-corrected chi connectivity index (χ2v) is 7.52. The van der Waals surface area contributed by atoms with Crippen LogP contribution in [0.2, 0.25) is 0 Å². The number of rotatable bonds is 7. The zero-order chi connectivity index (χ0) is 19.1. The molecule has 1 aromatic heterocycles. The van der Waals surface area contributed by atoms with Gasteiger partial charge in [0.05, 0.1) is 0 Å². The maximum Gasteiger partial charge on any atom is 0.319 e. The first-order valence-corrected chi connectivity index (χ1v) is 10.2. The number of nitrogens with one attached hydrogen (secondary N) is 1. The minimum absolute atomic E-state index is 0.138. The molecule has 1 saturated heterocycles. The second-order valence-electron chi connectivity index (χ2n) is 6.42. The molecule has 1 N–H and O–H groups in total. The Hall–Kier alpha value is -2.09. The van der Waals surface area contributed by atoms with Crippen molar-refractivity contribution in [2.75, 3.05) is 25.4 Å². The van der Waals surface area contributed by atoms with Crippen LogP contribution in [0, 0.1) is 5.92 Å². The summed E-state index contributed by atoms with van der Waals surface area (Å²) in [5.74, 6) is 2.70. The molecule has 0 amide bonds. The zero-order valence-electron chi connectivity index (χ0n) is 15.4. The van der Waals surface area contributed by atoms with Gasteiger partial charge in [0.25, 0.3) is 0 Å². The van der Waals surface area contributed by atoms with Crippen LogP contribution in [0.1, 0.15) is 25.7 Å². The van der Waals surface area contributed by atoms with E-state index < -0.39 is 6.55 Å². The maximum atomic E-state index is 13.0. The molecule has 1 aliphatic rings. The van der Waals surface area contributed by atoms with Gasteiger partial charge in [-0.3, -0.25) is 4.57 Å². The molecule has 5 nitrogen and oxygen atoms in total. The lowest BCUT2D eigenvalue weighted by Gasteiger charge is -2.21. The number of aliphatic imine (C=N–C) groups is 1. The Labute approximate surface area is 162 Å². The lowest BCUT2D eigenvalue weighted by Crippen LogP contribution is -2.40. The third-order valence-corrected chi connectivity index (χ3v) is 5.72. The van der Waals surface area contributed by atoms with Crippen molar-refractivity contribution in [1.29, 1.82) is 0 Å². The lowest BCUT2D eigenvalue weighted by molar-refractivity contribution is 0.0671. The van der Waals surface area contributed by atoms with Crippen LogP contribution in [0.25, 0.3) is 0 Å². The molecule has 0 saturated carbocycles. The standard InChI is InChI=1S/C19H25F2N5S/c1-2-22-19(24-12-17-23-9-11-26(17)18(20)21)25-10-8-15(13-25)14-27-16-6-4-3-5-7-16/h3-7,9,11,15,18H,2,8,10,12-14H2,1H3,(H,22,24). The van der Waals surface area contributed by atoms with Gasteiger partial charge in [-0.1, -0.05) is 18.2 Å². The van der Waals surface area contributed by atoms with Gasteiger partial charge in [-0.15, -0.1) is 11.8 Å². The monoisotopic (exact) mass is 393 g/mol. The van der Waals surface area contributed by atoms with E-state index in [2.05, 4.69) is 44.5 Å². The highest BCUT2D eigenvalue weighted by Crippen LogP contribution is 2.26. The first-order valence-electron chi connectivity index (χ1n) is 9.18. The molecule has 0 spiro atoms. The number of aromatic nitrogens is 2. The Morgan fingerprint density at radius 1 is 1.37 bits per heavy atom. The van der Waals surface area contributed by atoms with Gasteiger partial charge >= 0.3 is 6.55 Å². The van der Waals surface area contributed by atoms with E-state index in [1.54, 1.807) is 0 Å². The molecule has 27 heavy (non-hydrogen) atoms. The molecular weight excluding hydrogens is 368 g/mol. The molecule has 8 heteroatoms. The topological polar surface area (TPSA) is 45.5 Å². The number of thioether (sulfide) groups is 1. The normalized spacial score (nSPS) is 17.7. The lowest BCUT2D eigenvalue weighted by atomic mass is 10.2. The molecular formula is C19H25F2N5S. The fourth-order valence-electron chi connectivity index (χ4n) is 3.11. The van der Waals surface area contributed by atoms with Crippen molar-refractivity contribution < 1.29 is 8.78 Å². The molecule has 0 aliphatic carbocycles. The number of benzene rings is 1. The van der Waals surface area contributed by atoms with Crippen LogP contribution in [0.15, 0.2) is 52.6 Å². The molecule has 146 valence electrons. The van der Waals surface area contributed by atoms with Crippen LogP contribution in [-0.4, -0.2) is 45.8 Å². The molecule has 0 radical (unpaired) electrons. The quantitative estimate of drug-likeness (QED) is 0.441. The molecule has 1 aliphatic heterocycles. The van der Waals surface area contributed by atoms with Crippen molar-refractivity contribution in [3.05, 3.63) is 48.5 Å². The number of nitrogens with zero attached hydrogens (tertiary/aromatic N) is 4. The van der Waals surface area contributed by atoms with Gasteiger partial charge in [0.15, 0.2) is 5.96 Å². The minimum Gasteiger partial charge on any atom is -0.357 e. The van der Waals surface area contributed by atoms with E-state index in [1.165, 1.54) is 17.3 Å². The van der Waals surface area contributed by atoms with Gasteiger partial charge in [-0.05, 0) is 31.4 Å². The van der Waals surface area contributed by atoms with Gasteiger partial charge in [0, 0.05) is 42.7 Å². The van der Waals surface area contributed by atoms with Gasteiger partial charge in [0.2, 0.25) is 0 Å². The highest BCUT2D eigenvalue weighted by atomic mass is 32.2. The smallest absolute Gasteiger partial charge is 0.319 e. The van der Waals surface area contributed by atoms with Gasteiger partial charge in [-0.2, -0.15) is 8.78 Å². The number of guanidine groups is 1. The Kier molecular flexibility index (Phi) is 7.09. The number of imidazole rings is 1. The largest absolute Gasteiger partial charge is 0.357 e. The third-order valence-electron chi connectivity index (χ3n) is 4.48. The summed E-state index contributed by atoms with van der Waals surface area (Å²) in [5, 5.41) is 3.27. The molecule has 2 aromatic rings. The summed E-state index contributed by atoms with van der Waals surface area (Å²) in [6, 6.07) is 10.4. The molecule has 1 unspecified atom stereocenters. The predicted molar refractivity (Wildman–Crippen MR) is 105 cm³/mol. The number of hydrogen-bond acceptors (Lipinski definition) is 3. The van der Waals surface area contributed by atoms with E-state index >= 15 is 0 Å². The Bertz CT molecular complexity index is 735. The fourth-order valence-corrected chi connectivity index (χ4v) is 4.16.